The molecule has 0 fully saturated rings. The molecular weight excluding hydrogens is 627 g/mol. The van der Waals surface area contributed by atoms with Gasteiger partial charge in [-0.05, 0) is 12.8 Å². The monoisotopic (exact) mass is 722 g/mol. The van der Waals surface area contributed by atoms with Crippen LogP contribution in [0.15, 0.2) is 0 Å². The number of rotatable bonds is 44. The fourth-order valence-electron chi connectivity index (χ4n) is 7.77. The van der Waals surface area contributed by atoms with E-state index in [1.165, 1.54) is 257 Å². The number of nitrogens with zero attached hydrogens (tertiary/aromatic N) is 1. The predicted octanol–water partition coefficient (Wildman–Crippen LogP) is 17.8. The number of thiol groups is 1. The van der Waals surface area contributed by atoms with Crippen LogP contribution in [0.25, 0.3) is 0 Å². The van der Waals surface area contributed by atoms with Crippen molar-refractivity contribution in [2.45, 2.75) is 284 Å². The average molecular weight is 722 g/mol. The molecule has 0 aromatic carbocycles. The smallest absolute Gasteiger partial charge is 0.278 e. The molecule has 0 rings (SSSR count). The molecule has 0 atom stereocenters. The fraction of sp³-hybridized carbons (Fsp3) is 0.979. The van der Waals surface area contributed by atoms with E-state index in [0.717, 1.165) is 25.9 Å². The summed E-state index contributed by atoms with van der Waals surface area (Å²) in [7, 11) is 0. The van der Waals surface area contributed by atoms with E-state index in [1.807, 2.05) is 4.90 Å². The molecule has 0 bridgehead atoms. The summed E-state index contributed by atoms with van der Waals surface area (Å²) in [5.74, 6) is 0. The maximum absolute atomic E-state index is 12.0. The Morgan fingerprint density at radius 1 is 0.280 bits per heavy atom. The van der Waals surface area contributed by atoms with E-state index in [-0.39, 0.29) is 5.24 Å². The van der Waals surface area contributed by atoms with Gasteiger partial charge in [0.15, 0.2) is 0 Å². The van der Waals surface area contributed by atoms with E-state index in [0.29, 0.717) is 0 Å². The van der Waals surface area contributed by atoms with E-state index in [9.17, 15) is 4.79 Å². The highest BCUT2D eigenvalue weighted by atomic mass is 32.1. The fourth-order valence-corrected chi connectivity index (χ4v) is 7.97. The van der Waals surface area contributed by atoms with Gasteiger partial charge in [-0.15, -0.1) is 0 Å². The second-order valence-electron chi connectivity index (χ2n) is 16.4. The summed E-state index contributed by atoms with van der Waals surface area (Å²) in [4.78, 5) is 14.0. The SMILES string of the molecule is CCCCCCCCCCCCCCCCCCCCCCCN(CCCCCCCCCCCCCCCCCCCCCCC)C(=O)S. The maximum Gasteiger partial charge on any atom is 0.278 e. The second-order valence-corrected chi connectivity index (χ2v) is 16.8. The van der Waals surface area contributed by atoms with E-state index in [1.54, 1.807) is 0 Å². The number of carbonyl (C=O) groups excluding carboxylic acids is 1. The van der Waals surface area contributed by atoms with Gasteiger partial charge in [-0.1, -0.05) is 283 Å². The molecule has 0 unspecified atom stereocenters. The number of carbonyl (C=O) groups is 1. The van der Waals surface area contributed by atoms with Gasteiger partial charge in [0, 0.05) is 13.1 Å². The standard InChI is InChI=1S/C47H95NOS/c1-3-5-7-9-11-13-15-17-19-21-23-25-27-29-31-33-35-37-39-41-43-45-48(47(49)50)46-44-42-40-38-36-34-32-30-28-26-24-22-20-18-16-14-12-10-8-6-4-2/h3-46H2,1-2H3,(H,49,50). The summed E-state index contributed by atoms with van der Waals surface area (Å²) in [6, 6.07) is 0. The average Bonchev–Trinajstić information content (AvgIpc) is 3.11. The van der Waals surface area contributed by atoms with Crippen LogP contribution >= 0.6 is 12.6 Å². The summed E-state index contributed by atoms with van der Waals surface area (Å²) in [6.45, 7) is 6.41. The van der Waals surface area contributed by atoms with Gasteiger partial charge in [0.25, 0.3) is 5.24 Å². The number of amides is 1. The number of hydrogen-bond acceptors (Lipinski definition) is 1. The zero-order valence-electron chi connectivity index (χ0n) is 34.9. The molecule has 3 heteroatoms. The maximum atomic E-state index is 12.0. The molecule has 50 heavy (non-hydrogen) atoms. The van der Waals surface area contributed by atoms with Crippen molar-refractivity contribution in [3.8, 4) is 0 Å². The van der Waals surface area contributed by atoms with Gasteiger partial charge in [-0.2, -0.15) is 0 Å². The largest absolute Gasteiger partial charge is 0.334 e. The summed E-state index contributed by atoms with van der Waals surface area (Å²) in [6.07, 6.45) is 59.3. The molecule has 300 valence electrons. The van der Waals surface area contributed by atoms with E-state index < -0.39 is 0 Å². The third-order valence-corrected chi connectivity index (χ3v) is 11.6. The van der Waals surface area contributed by atoms with Crippen LogP contribution in [0.2, 0.25) is 0 Å². The lowest BCUT2D eigenvalue weighted by Gasteiger charge is -2.20. The Kier molecular flexibility index (Phi) is 44.8. The van der Waals surface area contributed by atoms with E-state index in [2.05, 4.69) is 26.5 Å². The van der Waals surface area contributed by atoms with Crippen LogP contribution in [0.1, 0.15) is 284 Å². The van der Waals surface area contributed by atoms with Crippen molar-refractivity contribution in [2.24, 2.45) is 0 Å². The first-order valence-electron chi connectivity index (χ1n) is 23.7. The van der Waals surface area contributed by atoms with Crippen LogP contribution in [0, 0.1) is 0 Å². The zero-order chi connectivity index (χ0) is 36.3. The molecule has 2 nitrogen and oxygen atoms in total. The van der Waals surface area contributed by atoms with Crippen molar-refractivity contribution in [2.75, 3.05) is 13.1 Å². The first-order chi connectivity index (χ1) is 24.7. The van der Waals surface area contributed by atoms with Gasteiger partial charge in [0.2, 0.25) is 0 Å². The Morgan fingerprint density at radius 2 is 0.420 bits per heavy atom. The van der Waals surface area contributed by atoms with Crippen molar-refractivity contribution >= 4 is 17.9 Å². The van der Waals surface area contributed by atoms with Gasteiger partial charge < -0.3 is 4.90 Å². The Balaban J connectivity index is 3.33. The number of hydrogen-bond donors (Lipinski definition) is 1. The van der Waals surface area contributed by atoms with E-state index in [4.69, 9.17) is 0 Å². The molecule has 1 amide bonds. The molecule has 0 radical (unpaired) electrons. The van der Waals surface area contributed by atoms with Gasteiger partial charge >= 0.3 is 0 Å². The predicted molar refractivity (Wildman–Crippen MR) is 231 cm³/mol. The lowest BCUT2D eigenvalue weighted by molar-refractivity contribution is 0.220. The van der Waals surface area contributed by atoms with Gasteiger partial charge in [-0.3, -0.25) is 4.79 Å². The highest BCUT2D eigenvalue weighted by Crippen LogP contribution is 2.17. The molecule has 0 aliphatic carbocycles. The second kappa shape index (κ2) is 45.0. The van der Waals surface area contributed by atoms with Crippen molar-refractivity contribution in [1.29, 1.82) is 0 Å². The van der Waals surface area contributed by atoms with Crippen LogP contribution in [0.5, 0.6) is 0 Å². The van der Waals surface area contributed by atoms with E-state index >= 15 is 0 Å². The molecule has 0 saturated heterocycles. The molecular formula is C47H95NOS. The van der Waals surface area contributed by atoms with Gasteiger partial charge in [0.05, 0.1) is 0 Å². The molecule has 0 aliphatic heterocycles. The minimum Gasteiger partial charge on any atom is -0.334 e. The molecule has 0 spiro atoms. The minimum absolute atomic E-state index is 0.0219. The van der Waals surface area contributed by atoms with Crippen LogP contribution in [0.4, 0.5) is 4.79 Å². The van der Waals surface area contributed by atoms with Crippen molar-refractivity contribution < 1.29 is 4.79 Å². The summed E-state index contributed by atoms with van der Waals surface area (Å²) in [5.41, 5.74) is 0. The molecule has 0 saturated carbocycles. The Hall–Kier alpha value is -0.180. The summed E-state index contributed by atoms with van der Waals surface area (Å²) >= 11 is 4.17. The number of unbranched alkanes of at least 4 members (excludes halogenated alkanes) is 40. The highest BCUT2D eigenvalue weighted by Gasteiger charge is 2.08. The molecule has 0 N–H and O–H groups in total. The highest BCUT2D eigenvalue weighted by molar-refractivity contribution is 7.96. The van der Waals surface area contributed by atoms with Crippen LogP contribution in [0.3, 0.4) is 0 Å². The third kappa shape index (κ3) is 42.2. The van der Waals surface area contributed by atoms with Crippen molar-refractivity contribution in [3.05, 3.63) is 0 Å². The normalized spacial score (nSPS) is 11.5. The van der Waals surface area contributed by atoms with Crippen LogP contribution in [-0.2, 0) is 0 Å². The first kappa shape index (κ1) is 49.8. The zero-order valence-corrected chi connectivity index (χ0v) is 35.8. The Bertz CT molecular complexity index is 578. The molecule has 0 heterocycles. The minimum atomic E-state index is -0.0219. The molecule has 0 aromatic rings. The molecule has 0 aromatic heterocycles. The molecule has 0 aliphatic rings. The third-order valence-electron chi connectivity index (χ3n) is 11.3. The topological polar surface area (TPSA) is 20.3 Å². The quantitative estimate of drug-likeness (QED) is 0.0491. The summed E-state index contributed by atoms with van der Waals surface area (Å²) < 4.78 is 0. The van der Waals surface area contributed by atoms with Crippen LogP contribution < -0.4 is 0 Å². The Morgan fingerprint density at radius 3 is 0.560 bits per heavy atom. The lowest BCUT2D eigenvalue weighted by atomic mass is 10.0. The lowest BCUT2D eigenvalue weighted by Crippen LogP contribution is -2.28. The van der Waals surface area contributed by atoms with Crippen LogP contribution in [-0.4, -0.2) is 23.2 Å². The first-order valence-corrected chi connectivity index (χ1v) is 24.1. The van der Waals surface area contributed by atoms with Crippen molar-refractivity contribution in [3.63, 3.8) is 0 Å². The Labute approximate surface area is 323 Å². The van der Waals surface area contributed by atoms with Gasteiger partial charge in [0.1, 0.15) is 0 Å². The van der Waals surface area contributed by atoms with Crippen molar-refractivity contribution in [1.82, 2.24) is 4.90 Å². The van der Waals surface area contributed by atoms with Gasteiger partial charge in [-0.25, -0.2) is 0 Å². The summed E-state index contributed by atoms with van der Waals surface area (Å²) in [5, 5.41) is -0.0219.